The monoisotopic (exact) mass is 418 g/mol. The largest absolute Gasteiger partial charge is 0.416 e. The van der Waals surface area contributed by atoms with E-state index in [1.165, 1.54) is 6.07 Å². The van der Waals surface area contributed by atoms with Crippen molar-refractivity contribution in [1.82, 2.24) is 19.6 Å². The minimum absolute atomic E-state index is 0.0243. The Morgan fingerprint density at radius 3 is 2.70 bits per heavy atom. The van der Waals surface area contributed by atoms with E-state index >= 15 is 0 Å². The lowest BCUT2D eigenvalue weighted by atomic mass is 9.91. The van der Waals surface area contributed by atoms with Crippen LogP contribution in [-0.2, 0) is 11.0 Å². The molecule has 1 N–H and O–H groups in total. The molecule has 1 unspecified atom stereocenters. The molecule has 160 valence electrons. The third kappa shape index (κ3) is 4.99. The van der Waals surface area contributed by atoms with Crippen molar-refractivity contribution in [3.63, 3.8) is 0 Å². The number of pyridine rings is 1. The van der Waals surface area contributed by atoms with E-state index in [4.69, 9.17) is 0 Å². The molecule has 0 saturated heterocycles. The van der Waals surface area contributed by atoms with Crippen LogP contribution in [0.2, 0.25) is 0 Å². The molecule has 5 nitrogen and oxygen atoms in total. The van der Waals surface area contributed by atoms with Gasteiger partial charge in [-0.05, 0) is 44.3 Å². The number of halogens is 3. The molecule has 0 aliphatic rings. The molecule has 0 radical (unpaired) electrons. The van der Waals surface area contributed by atoms with Crippen LogP contribution in [0.5, 0.6) is 0 Å². The summed E-state index contributed by atoms with van der Waals surface area (Å²) >= 11 is 0. The Labute approximate surface area is 173 Å². The predicted molar refractivity (Wildman–Crippen MR) is 109 cm³/mol. The van der Waals surface area contributed by atoms with Crippen LogP contribution < -0.4 is 5.32 Å². The molecule has 0 saturated carbocycles. The number of aromatic nitrogens is 2. The fourth-order valence-corrected chi connectivity index (χ4v) is 3.43. The van der Waals surface area contributed by atoms with Crippen molar-refractivity contribution >= 4 is 11.6 Å². The second-order valence-electron chi connectivity index (χ2n) is 7.60. The first-order valence-electron chi connectivity index (χ1n) is 9.68. The fourth-order valence-electron chi connectivity index (χ4n) is 3.43. The first-order chi connectivity index (χ1) is 14.2. The van der Waals surface area contributed by atoms with E-state index in [1.807, 2.05) is 48.6 Å². The summed E-state index contributed by atoms with van der Waals surface area (Å²) in [7, 11) is 3.80. The van der Waals surface area contributed by atoms with E-state index < -0.39 is 17.7 Å². The number of carbonyl (C=O) groups excluding carboxylic acids is 1. The first kappa shape index (κ1) is 21.8. The Morgan fingerprint density at radius 2 is 2.00 bits per heavy atom. The summed E-state index contributed by atoms with van der Waals surface area (Å²) in [6.45, 7) is 3.06. The number of hydrogen-bond acceptors (Lipinski definition) is 3. The van der Waals surface area contributed by atoms with Crippen LogP contribution in [0.4, 0.5) is 13.2 Å². The van der Waals surface area contributed by atoms with Gasteiger partial charge < -0.3 is 14.6 Å². The summed E-state index contributed by atoms with van der Waals surface area (Å²) < 4.78 is 41.7. The van der Waals surface area contributed by atoms with Crippen LogP contribution in [0.25, 0.3) is 5.65 Å². The summed E-state index contributed by atoms with van der Waals surface area (Å²) in [6, 6.07) is 8.93. The SMILES string of the molecule is Cc1cccn2c(C(CC(=O)NCCN(C)C)c3cccc(C(F)(F)F)c3)cnc12. The van der Waals surface area contributed by atoms with Gasteiger partial charge in [-0.1, -0.05) is 24.3 Å². The molecule has 2 aromatic heterocycles. The van der Waals surface area contributed by atoms with Crippen LogP contribution in [0.3, 0.4) is 0 Å². The Kier molecular flexibility index (Phi) is 6.45. The zero-order valence-corrected chi connectivity index (χ0v) is 17.2. The van der Waals surface area contributed by atoms with Gasteiger partial charge in [0, 0.05) is 37.8 Å². The number of nitrogens with zero attached hydrogens (tertiary/aromatic N) is 3. The highest BCUT2D eigenvalue weighted by atomic mass is 19.4. The Hall–Kier alpha value is -2.87. The lowest BCUT2D eigenvalue weighted by Crippen LogP contribution is -2.32. The van der Waals surface area contributed by atoms with Gasteiger partial charge in [0.25, 0.3) is 0 Å². The van der Waals surface area contributed by atoms with Gasteiger partial charge in [0.1, 0.15) is 5.65 Å². The lowest BCUT2D eigenvalue weighted by Gasteiger charge is -2.19. The van der Waals surface area contributed by atoms with Gasteiger partial charge in [-0.3, -0.25) is 4.79 Å². The van der Waals surface area contributed by atoms with Gasteiger partial charge in [-0.15, -0.1) is 0 Å². The van der Waals surface area contributed by atoms with Crippen LogP contribution >= 0.6 is 0 Å². The molecule has 30 heavy (non-hydrogen) atoms. The maximum Gasteiger partial charge on any atom is 0.416 e. The summed E-state index contributed by atoms with van der Waals surface area (Å²) in [5, 5.41) is 2.85. The number of likely N-dealkylation sites (N-methyl/N-ethyl adjacent to an activating group) is 1. The number of benzene rings is 1. The third-order valence-corrected chi connectivity index (χ3v) is 5.00. The molecule has 0 spiro atoms. The number of carbonyl (C=O) groups is 1. The number of hydrogen-bond donors (Lipinski definition) is 1. The van der Waals surface area contributed by atoms with Crippen molar-refractivity contribution in [1.29, 1.82) is 0 Å². The van der Waals surface area contributed by atoms with Crippen molar-refractivity contribution < 1.29 is 18.0 Å². The molecule has 8 heteroatoms. The zero-order valence-electron chi connectivity index (χ0n) is 17.2. The minimum Gasteiger partial charge on any atom is -0.355 e. The summed E-state index contributed by atoms with van der Waals surface area (Å²) in [5.74, 6) is -0.787. The summed E-state index contributed by atoms with van der Waals surface area (Å²) in [6.07, 6.45) is -0.976. The number of imidazole rings is 1. The molecule has 3 rings (SSSR count). The van der Waals surface area contributed by atoms with Gasteiger partial charge in [-0.2, -0.15) is 13.2 Å². The standard InChI is InChI=1S/C22H25F3N4O/c1-15-6-5-10-29-19(14-27-21(15)29)18(13-20(30)26-9-11-28(2)3)16-7-4-8-17(12-16)22(23,24)25/h4-8,10,12,14,18H,9,11,13H2,1-3H3,(H,26,30). The molecule has 0 aliphatic heterocycles. The molecule has 1 amide bonds. The Morgan fingerprint density at radius 1 is 1.23 bits per heavy atom. The second-order valence-corrected chi connectivity index (χ2v) is 7.60. The van der Waals surface area contributed by atoms with Crippen molar-refractivity contribution in [3.8, 4) is 0 Å². The van der Waals surface area contributed by atoms with Crippen molar-refractivity contribution in [2.75, 3.05) is 27.2 Å². The fraction of sp³-hybridized carbons (Fsp3) is 0.364. The van der Waals surface area contributed by atoms with E-state index in [1.54, 1.807) is 12.3 Å². The van der Waals surface area contributed by atoms with Crippen LogP contribution in [0, 0.1) is 6.92 Å². The average Bonchev–Trinajstić information content (AvgIpc) is 3.10. The maximum atomic E-state index is 13.3. The normalized spacial score (nSPS) is 13.0. The van der Waals surface area contributed by atoms with Gasteiger partial charge >= 0.3 is 6.18 Å². The van der Waals surface area contributed by atoms with Gasteiger partial charge in [0.15, 0.2) is 0 Å². The third-order valence-electron chi connectivity index (χ3n) is 5.00. The van der Waals surface area contributed by atoms with Crippen molar-refractivity contribution in [3.05, 3.63) is 71.2 Å². The predicted octanol–water partition coefficient (Wildman–Crippen LogP) is 3.86. The molecule has 2 heterocycles. The Balaban J connectivity index is 1.99. The van der Waals surface area contributed by atoms with Crippen molar-refractivity contribution in [2.24, 2.45) is 0 Å². The highest BCUT2D eigenvalue weighted by Crippen LogP contribution is 2.34. The quantitative estimate of drug-likeness (QED) is 0.634. The number of alkyl halides is 3. The molecule has 0 aliphatic carbocycles. The first-order valence-corrected chi connectivity index (χ1v) is 9.68. The van der Waals surface area contributed by atoms with Crippen molar-refractivity contribution in [2.45, 2.75) is 25.4 Å². The highest BCUT2D eigenvalue weighted by molar-refractivity contribution is 5.77. The number of rotatable bonds is 7. The molecule has 1 atom stereocenters. The van der Waals surface area contributed by atoms with E-state index in [-0.39, 0.29) is 12.3 Å². The van der Waals surface area contributed by atoms with E-state index in [9.17, 15) is 18.0 Å². The van der Waals surface area contributed by atoms with Crippen LogP contribution in [0.15, 0.2) is 48.8 Å². The maximum absolute atomic E-state index is 13.3. The minimum atomic E-state index is -4.45. The number of fused-ring (bicyclic) bond motifs is 1. The smallest absolute Gasteiger partial charge is 0.355 e. The van der Waals surface area contributed by atoms with E-state index in [2.05, 4.69) is 10.3 Å². The van der Waals surface area contributed by atoms with Crippen LogP contribution in [-0.4, -0.2) is 47.4 Å². The second kappa shape index (κ2) is 8.87. The molecule has 0 fully saturated rings. The highest BCUT2D eigenvalue weighted by Gasteiger charge is 2.32. The zero-order chi connectivity index (χ0) is 21.9. The van der Waals surface area contributed by atoms with Gasteiger partial charge in [0.2, 0.25) is 5.91 Å². The molecular weight excluding hydrogens is 393 g/mol. The summed E-state index contributed by atoms with van der Waals surface area (Å²) in [4.78, 5) is 19.0. The van der Waals surface area contributed by atoms with Gasteiger partial charge in [0.05, 0.1) is 11.3 Å². The lowest BCUT2D eigenvalue weighted by molar-refractivity contribution is -0.137. The Bertz CT molecular complexity index is 1030. The number of amides is 1. The molecular formula is C22H25F3N4O. The number of aryl methyl sites for hydroxylation is 1. The molecule has 3 aromatic rings. The average molecular weight is 418 g/mol. The molecule has 0 bridgehead atoms. The van der Waals surface area contributed by atoms with Crippen LogP contribution in [0.1, 0.15) is 34.7 Å². The van der Waals surface area contributed by atoms with E-state index in [0.717, 1.165) is 23.3 Å². The topological polar surface area (TPSA) is 49.6 Å². The van der Waals surface area contributed by atoms with Gasteiger partial charge in [-0.25, -0.2) is 4.98 Å². The molecule has 1 aromatic carbocycles. The summed E-state index contributed by atoms with van der Waals surface area (Å²) in [5.41, 5.74) is 2.04. The number of nitrogens with one attached hydrogen (secondary N) is 1. The van der Waals surface area contributed by atoms with E-state index in [0.29, 0.717) is 24.3 Å².